The zero-order valence-electron chi connectivity index (χ0n) is 15.7. The lowest BCUT2D eigenvalue weighted by molar-refractivity contribution is -0.124. The van der Waals surface area contributed by atoms with Crippen LogP contribution in [0.3, 0.4) is 0 Å². The number of rotatable bonds is 5. The van der Waals surface area contributed by atoms with E-state index >= 15 is 0 Å². The predicted octanol–water partition coefficient (Wildman–Crippen LogP) is 2.75. The fourth-order valence-electron chi connectivity index (χ4n) is 3.26. The van der Waals surface area contributed by atoms with Crippen molar-refractivity contribution in [1.82, 2.24) is 29.6 Å². The van der Waals surface area contributed by atoms with Gasteiger partial charge in [0.05, 0.1) is 11.9 Å². The Bertz CT molecular complexity index is 996. The SMILES string of the molecule is Cc1nc(Nc2nccs2)cc([C@H]2CCN(C(=O)/C=C/c3cnn(C)c3)C2)n1. The third kappa shape index (κ3) is 4.25. The van der Waals surface area contributed by atoms with E-state index in [1.165, 1.54) is 11.3 Å². The smallest absolute Gasteiger partial charge is 0.246 e. The van der Waals surface area contributed by atoms with Crippen molar-refractivity contribution in [3.05, 3.63) is 53.2 Å². The van der Waals surface area contributed by atoms with E-state index < -0.39 is 0 Å². The summed E-state index contributed by atoms with van der Waals surface area (Å²) in [5, 5.41) is 10.0. The van der Waals surface area contributed by atoms with Gasteiger partial charge in [0.2, 0.25) is 5.91 Å². The zero-order valence-corrected chi connectivity index (χ0v) is 16.6. The molecule has 0 saturated carbocycles. The van der Waals surface area contributed by atoms with Crippen LogP contribution >= 0.6 is 11.3 Å². The molecule has 0 aromatic carbocycles. The number of carbonyl (C=O) groups excluding carboxylic acids is 1. The summed E-state index contributed by atoms with van der Waals surface area (Å²) in [4.78, 5) is 27.6. The zero-order chi connectivity index (χ0) is 19.5. The van der Waals surface area contributed by atoms with Gasteiger partial charge in [-0.1, -0.05) is 0 Å². The Kier molecular flexibility index (Phi) is 5.16. The van der Waals surface area contributed by atoms with Crippen LogP contribution in [-0.4, -0.2) is 48.6 Å². The highest BCUT2D eigenvalue weighted by Gasteiger charge is 2.27. The van der Waals surface area contributed by atoms with Gasteiger partial charge in [0.15, 0.2) is 5.13 Å². The van der Waals surface area contributed by atoms with Gasteiger partial charge < -0.3 is 10.2 Å². The van der Waals surface area contributed by atoms with Crippen LogP contribution in [0.25, 0.3) is 6.08 Å². The molecule has 0 unspecified atom stereocenters. The number of carbonyl (C=O) groups is 1. The molecule has 1 saturated heterocycles. The van der Waals surface area contributed by atoms with Gasteiger partial charge in [-0.3, -0.25) is 9.48 Å². The fraction of sp³-hybridized carbons (Fsp3) is 0.316. The van der Waals surface area contributed by atoms with Crippen molar-refractivity contribution in [3.8, 4) is 0 Å². The number of aromatic nitrogens is 5. The van der Waals surface area contributed by atoms with Crippen molar-refractivity contribution in [2.75, 3.05) is 18.4 Å². The summed E-state index contributed by atoms with van der Waals surface area (Å²) in [7, 11) is 1.85. The maximum Gasteiger partial charge on any atom is 0.246 e. The summed E-state index contributed by atoms with van der Waals surface area (Å²) in [5.74, 6) is 1.66. The molecule has 1 N–H and O–H groups in total. The molecule has 0 spiro atoms. The molecular weight excluding hydrogens is 374 g/mol. The van der Waals surface area contributed by atoms with Gasteiger partial charge >= 0.3 is 0 Å². The van der Waals surface area contributed by atoms with Crippen LogP contribution < -0.4 is 5.32 Å². The topological polar surface area (TPSA) is 88.8 Å². The van der Waals surface area contributed by atoms with Crippen LogP contribution in [0.4, 0.5) is 10.9 Å². The number of nitrogens with zero attached hydrogens (tertiary/aromatic N) is 6. The summed E-state index contributed by atoms with van der Waals surface area (Å²) in [6.07, 6.45) is 9.66. The maximum absolute atomic E-state index is 12.5. The highest BCUT2D eigenvalue weighted by molar-refractivity contribution is 7.13. The van der Waals surface area contributed by atoms with E-state index in [0.29, 0.717) is 12.4 Å². The lowest BCUT2D eigenvalue weighted by Gasteiger charge is -2.15. The molecule has 144 valence electrons. The molecular formula is C19H21N7OS. The number of hydrogen-bond donors (Lipinski definition) is 1. The molecule has 1 atom stereocenters. The number of thiazole rings is 1. The predicted molar refractivity (Wildman–Crippen MR) is 108 cm³/mol. The summed E-state index contributed by atoms with van der Waals surface area (Å²) >= 11 is 1.52. The molecule has 1 aliphatic rings. The molecule has 8 nitrogen and oxygen atoms in total. The minimum Gasteiger partial charge on any atom is -0.338 e. The maximum atomic E-state index is 12.5. The lowest BCUT2D eigenvalue weighted by Crippen LogP contribution is -2.26. The highest BCUT2D eigenvalue weighted by atomic mass is 32.1. The first-order valence-electron chi connectivity index (χ1n) is 9.04. The average molecular weight is 395 g/mol. The number of aryl methyl sites for hydroxylation is 2. The Balaban J connectivity index is 1.42. The van der Waals surface area contributed by atoms with Crippen molar-refractivity contribution in [2.45, 2.75) is 19.3 Å². The van der Waals surface area contributed by atoms with E-state index in [0.717, 1.165) is 35.2 Å². The van der Waals surface area contributed by atoms with Crippen molar-refractivity contribution in [3.63, 3.8) is 0 Å². The Morgan fingerprint density at radius 1 is 1.39 bits per heavy atom. The lowest BCUT2D eigenvalue weighted by atomic mass is 10.0. The molecule has 9 heteroatoms. The quantitative estimate of drug-likeness (QED) is 0.668. The van der Waals surface area contributed by atoms with E-state index in [-0.39, 0.29) is 11.8 Å². The number of likely N-dealkylation sites (tertiary alicyclic amines) is 1. The normalized spacial score (nSPS) is 16.8. The number of nitrogens with one attached hydrogen (secondary N) is 1. The second-order valence-electron chi connectivity index (χ2n) is 6.74. The Labute approximate surface area is 167 Å². The summed E-state index contributed by atoms with van der Waals surface area (Å²) in [5.41, 5.74) is 1.87. The molecule has 4 heterocycles. The van der Waals surface area contributed by atoms with E-state index in [1.807, 2.05) is 36.5 Å². The van der Waals surface area contributed by atoms with Crippen LogP contribution in [0.2, 0.25) is 0 Å². The van der Waals surface area contributed by atoms with Gasteiger partial charge in [0.25, 0.3) is 0 Å². The summed E-state index contributed by atoms with van der Waals surface area (Å²) < 4.78 is 1.71. The standard InChI is InChI=1S/C19H21N7OS/c1-13-22-16(9-17(23-13)24-19-20-6-8-28-19)15-5-7-26(12-15)18(27)4-3-14-10-21-25(2)11-14/h3-4,6,8-11,15H,5,7,12H2,1-2H3,(H,20,22,23,24)/b4-3+/t15-/m0/s1. The third-order valence-corrected chi connectivity index (χ3v) is 5.28. The molecule has 1 amide bonds. The van der Waals surface area contributed by atoms with Crippen molar-refractivity contribution in [2.24, 2.45) is 7.05 Å². The molecule has 1 aliphatic heterocycles. The first kappa shape index (κ1) is 18.3. The molecule has 1 fully saturated rings. The van der Waals surface area contributed by atoms with Gasteiger partial charge in [-0.25, -0.2) is 15.0 Å². The Hall–Kier alpha value is -3.07. The van der Waals surface area contributed by atoms with E-state index in [4.69, 9.17) is 0 Å². The fourth-order valence-corrected chi connectivity index (χ4v) is 3.80. The largest absolute Gasteiger partial charge is 0.338 e. The van der Waals surface area contributed by atoms with Gasteiger partial charge in [-0.05, 0) is 19.4 Å². The van der Waals surface area contributed by atoms with Crippen LogP contribution in [0.15, 0.2) is 36.1 Å². The monoisotopic (exact) mass is 395 g/mol. The summed E-state index contributed by atoms with van der Waals surface area (Å²) in [6.45, 7) is 3.26. The molecule has 4 rings (SSSR count). The molecule has 3 aromatic heterocycles. The molecule has 0 radical (unpaired) electrons. The van der Waals surface area contributed by atoms with Crippen molar-refractivity contribution in [1.29, 1.82) is 0 Å². The second-order valence-corrected chi connectivity index (χ2v) is 7.63. The van der Waals surface area contributed by atoms with Crippen LogP contribution in [0, 0.1) is 6.92 Å². The second kappa shape index (κ2) is 7.89. The van der Waals surface area contributed by atoms with E-state index in [1.54, 1.807) is 29.2 Å². The van der Waals surface area contributed by atoms with Crippen LogP contribution in [0.1, 0.15) is 29.4 Å². The molecule has 28 heavy (non-hydrogen) atoms. The van der Waals surface area contributed by atoms with E-state index in [2.05, 4.69) is 25.4 Å². The first-order chi connectivity index (χ1) is 13.6. The van der Waals surface area contributed by atoms with Crippen LogP contribution in [0.5, 0.6) is 0 Å². The van der Waals surface area contributed by atoms with Gasteiger partial charge in [0.1, 0.15) is 11.6 Å². The highest BCUT2D eigenvalue weighted by Crippen LogP contribution is 2.28. The average Bonchev–Trinajstić information content (AvgIpc) is 3.41. The van der Waals surface area contributed by atoms with Crippen molar-refractivity contribution >= 4 is 34.3 Å². The Morgan fingerprint density at radius 2 is 2.29 bits per heavy atom. The third-order valence-electron chi connectivity index (χ3n) is 4.59. The first-order valence-corrected chi connectivity index (χ1v) is 9.92. The molecule has 0 aliphatic carbocycles. The molecule has 0 bridgehead atoms. The Morgan fingerprint density at radius 3 is 3.04 bits per heavy atom. The van der Waals surface area contributed by atoms with Gasteiger partial charge in [-0.2, -0.15) is 5.10 Å². The van der Waals surface area contributed by atoms with Gasteiger partial charge in [-0.15, -0.1) is 11.3 Å². The number of amides is 1. The molecule has 3 aromatic rings. The minimum absolute atomic E-state index is 0.0123. The number of hydrogen-bond acceptors (Lipinski definition) is 7. The van der Waals surface area contributed by atoms with Gasteiger partial charge in [0, 0.05) is 61.5 Å². The summed E-state index contributed by atoms with van der Waals surface area (Å²) in [6, 6.07) is 1.96. The minimum atomic E-state index is 0.0123. The number of anilines is 2. The van der Waals surface area contributed by atoms with Crippen molar-refractivity contribution < 1.29 is 4.79 Å². The van der Waals surface area contributed by atoms with E-state index in [9.17, 15) is 4.79 Å². The van der Waals surface area contributed by atoms with Crippen LogP contribution in [-0.2, 0) is 11.8 Å².